The minimum Gasteiger partial charge on any atom is -0.491 e. The van der Waals surface area contributed by atoms with Crippen molar-refractivity contribution in [3.63, 3.8) is 0 Å². The van der Waals surface area contributed by atoms with Gasteiger partial charge in [-0.3, -0.25) is 4.90 Å². The Hall–Kier alpha value is -0.810. The molecule has 3 fully saturated rings. The minimum atomic E-state index is 0. The Bertz CT molecular complexity index is 505. The Morgan fingerprint density at radius 2 is 1.92 bits per heavy atom. The molecule has 3 heterocycles. The van der Waals surface area contributed by atoms with Gasteiger partial charge < -0.3 is 14.8 Å². The van der Waals surface area contributed by atoms with Gasteiger partial charge in [0, 0.05) is 38.3 Å². The molecule has 0 radical (unpaired) electrons. The number of nitrogens with one attached hydrogen (secondary N) is 1. The molecule has 1 aromatic rings. The Morgan fingerprint density at radius 3 is 2.71 bits per heavy atom. The number of hydrogen-bond donors (Lipinski definition) is 1. The van der Waals surface area contributed by atoms with E-state index in [0.29, 0.717) is 12.6 Å². The van der Waals surface area contributed by atoms with E-state index in [4.69, 9.17) is 9.47 Å². The molecule has 4 rings (SSSR count). The molecule has 3 aliphatic rings. The first-order valence-electron chi connectivity index (χ1n) is 9.17. The highest BCUT2D eigenvalue weighted by Gasteiger charge is 2.29. The molecular weight excluding hydrogens is 324 g/mol. The first kappa shape index (κ1) is 18.0. The Labute approximate surface area is 151 Å². The average Bonchev–Trinajstić information content (AvgIpc) is 3.19. The number of rotatable bonds is 5. The second-order valence-electron chi connectivity index (χ2n) is 7.25. The van der Waals surface area contributed by atoms with E-state index in [9.17, 15) is 0 Å². The van der Waals surface area contributed by atoms with Gasteiger partial charge in [0.1, 0.15) is 12.4 Å². The van der Waals surface area contributed by atoms with E-state index in [0.717, 1.165) is 31.4 Å². The molecule has 0 spiro atoms. The predicted octanol–water partition coefficient (Wildman–Crippen LogP) is 2.99. The zero-order valence-corrected chi connectivity index (χ0v) is 15.1. The number of halogens is 1. The number of hydrogen-bond acceptors (Lipinski definition) is 4. The van der Waals surface area contributed by atoms with Crippen LogP contribution >= 0.6 is 12.4 Å². The molecule has 0 aromatic heterocycles. The highest BCUT2D eigenvalue weighted by molar-refractivity contribution is 5.85. The van der Waals surface area contributed by atoms with E-state index in [1.54, 1.807) is 0 Å². The SMILES string of the molecule is Cl.c1cc(OCC2CCCO2)ccc1CN1CCC2CCC(C1)N2. The third-order valence-electron chi connectivity index (χ3n) is 5.40. The van der Waals surface area contributed by atoms with E-state index in [-0.39, 0.29) is 18.5 Å². The Kier molecular flexibility index (Phi) is 6.39. The van der Waals surface area contributed by atoms with Crippen LogP contribution < -0.4 is 10.1 Å². The first-order chi connectivity index (χ1) is 11.3. The Morgan fingerprint density at radius 1 is 1.08 bits per heavy atom. The van der Waals surface area contributed by atoms with Crippen molar-refractivity contribution in [3.8, 4) is 5.75 Å². The molecule has 4 nitrogen and oxygen atoms in total. The van der Waals surface area contributed by atoms with Gasteiger partial charge in [0.2, 0.25) is 0 Å². The molecule has 24 heavy (non-hydrogen) atoms. The normalized spacial score (nSPS) is 29.9. The van der Waals surface area contributed by atoms with Crippen molar-refractivity contribution in [2.75, 3.05) is 26.3 Å². The van der Waals surface area contributed by atoms with Gasteiger partial charge in [0.05, 0.1) is 6.10 Å². The molecule has 2 bridgehead atoms. The van der Waals surface area contributed by atoms with Gasteiger partial charge in [-0.05, 0) is 49.8 Å². The summed E-state index contributed by atoms with van der Waals surface area (Å²) in [5.74, 6) is 0.959. The smallest absolute Gasteiger partial charge is 0.119 e. The molecule has 3 atom stereocenters. The lowest BCUT2D eigenvalue weighted by atomic mass is 10.1. The largest absolute Gasteiger partial charge is 0.491 e. The summed E-state index contributed by atoms with van der Waals surface area (Å²) in [6.07, 6.45) is 6.59. The maximum absolute atomic E-state index is 5.85. The molecule has 134 valence electrons. The first-order valence-corrected chi connectivity index (χ1v) is 9.17. The summed E-state index contributed by atoms with van der Waals surface area (Å²) >= 11 is 0. The summed E-state index contributed by atoms with van der Waals surface area (Å²) < 4.78 is 11.4. The maximum atomic E-state index is 5.85. The molecule has 0 saturated carbocycles. The van der Waals surface area contributed by atoms with Crippen LogP contribution in [0.3, 0.4) is 0 Å². The van der Waals surface area contributed by atoms with Crippen molar-refractivity contribution in [1.29, 1.82) is 0 Å². The zero-order valence-electron chi connectivity index (χ0n) is 14.3. The summed E-state index contributed by atoms with van der Waals surface area (Å²) in [5.41, 5.74) is 1.38. The van der Waals surface area contributed by atoms with E-state index in [2.05, 4.69) is 34.5 Å². The fourth-order valence-corrected chi connectivity index (χ4v) is 4.07. The van der Waals surface area contributed by atoms with Gasteiger partial charge in [0.25, 0.3) is 0 Å². The predicted molar refractivity (Wildman–Crippen MR) is 98.0 cm³/mol. The van der Waals surface area contributed by atoms with Crippen LogP contribution in [-0.4, -0.2) is 49.4 Å². The van der Waals surface area contributed by atoms with Crippen molar-refractivity contribution >= 4 is 12.4 Å². The van der Waals surface area contributed by atoms with Crippen LogP contribution in [-0.2, 0) is 11.3 Å². The number of fused-ring (bicyclic) bond motifs is 2. The molecule has 3 aliphatic heterocycles. The van der Waals surface area contributed by atoms with E-state index < -0.39 is 0 Å². The van der Waals surface area contributed by atoms with Gasteiger partial charge in [-0.1, -0.05) is 12.1 Å². The van der Waals surface area contributed by atoms with Crippen LogP contribution in [0, 0.1) is 0 Å². The summed E-state index contributed by atoms with van der Waals surface area (Å²) in [6, 6.07) is 10.1. The minimum absolute atomic E-state index is 0. The molecule has 5 heteroatoms. The number of ether oxygens (including phenoxy) is 2. The van der Waals surface area contributed by atoms with Crippen LogP contribution in [0.1, 0.15) is 37.7 Å². The number of likely N-dealkylation sites (tertiary alicyclic amines) is 1. The van der Waals surface area contributed by atoms with Gasteiger partial charge >= 0.3 is 0 Å². The summed E-state index contributed by atoms with van der Waals surface area (Å²) in [7, 11) is 0. The van der Waals surface area contributed by atoms with Gasteiger partial charge in [-0.25, -0.2) is 0 Å². The van der Waals surface area contributed by atoms with Crippen molar-refractivity contribution in [3.05, 3.63) is 29.8 Å². The van der Waals surface area contributed by atoms with Crippen molar-refractivity contribution in [2.45, 2.75) is 56.8 Å². The average molecular weight is 353 g/mol. The quantitative estimate of drug-likeness (QED) is 0.883. The van der Waals surface area contributed by atoms with E-state index >= 15 is 0 Å². The molecule has 0 aliphatic carbocycles. The molecule has 3 saturated heterocycles. The van der Waals surface area contributed by atoms with Crippen molar-refractivity contribution < 1.29 is 9.47 Å². The van der Waals surface area contributed by atoms with Crippen molar-refractivity contribution in [1.82, 2.24) is 10.2 Å². The third kappa shape index (κ3) is 4.63. The maximum Gasteiger partial charge on any atom is 0.119 e. The van der Waals surface area contributed by atoms with Crippen LogP contribution in [0.25, 0.3) is 0 Å². The molecule has 3 unspecified atom stereocenters. The molecular formula is C19H29ClN2O2. The number of benzene rings is 1. The van der Waals surface area contributed by atoms with Crippen LogP contribution in [0.4, 0.5) is 0 Å². The lowest BCUT2D eigenvalue weighted by Crippen LogP contribution is -2.34. The summed E-state index contributed by atoms with van der Waals surface area (Å²) in [4.78, 5) is 2.60. The monoisotopic (exact) mass is 352 g/mol. The second kappa shape index (κ2) is 8.52. The second-order valence-corrected chi connectivity index (χ2v) is 7.25. The highest BCUT2D eigenvalue weighted by atomic mass is 35.5. The van der Waals surface area contributed by atoms with Crippen LogP contribution in [0.5, 0.6) is 5.75 Å². The fourth-order valence-electron chi connectivity index (χ4n) is 4.07. The number of nitrogens with zero attached hydrogens (tertiary/aromatic N) is 1. The molecule has 0 amide bonds. The van der Waals surface area contributed by atoms with Gasteiger partial charge in [-0.15, -0.1) is 12.4 Å². The van der Waals surface area contributed by atoms with Crippen LogP contribution in [0.15, 0.2) is 24.3 Å². The van der Waals surface area contributed by atoms with Gasteiger partial charge in [0.15, 0.2) is 0 Å². The lowest BCUT2D eigenvalue weighted by Gasteiger charge is -2.24. The standard InChI is InChI=1S/C19H28N2O2.ClH/c1-2-19(22-11-1)14-23-18-7-3-15(4-8-18)12-21-10-9-16-5-6-17(13-21)20-16;/h3-4,7-8,16-17,19-20H,1-2,5-6,9-14H2;1H. The van der Waals surface area contributed by atoms with E-state index in [1.165, 1.54) is 44.3 Å². The summed E-state index contributed by atoms with van der Waals surface area (Å²) in [6.45, 7) is 5.02. The summed E-state index contributed by atoms with van der Waals surface area (Å²) in [5, 5.41) is 3.75. The molecule has 1 aromatic carbocycles. The lowest BCUT2D eigenvalue weighted by molar-refractivity contribution is 0.0679. The van der Waals surface area contributed by atoms with Crippen molar-refractivity contribution in [2.24, 2.45) is 0 Å². The zero-order chi connectivity index (χ0) is 15.5. The van der Waals surface area contributed by atoms with E-state index in [1.807, 2.05) is 0 Å². The van der Waals surface area contributed by atoms with Gasteiger partial charge in [-0.2, -0.15) is 0 Å². The van der Waals surface area contributed by atoms with Crippen LogP contribution in [0.2, 0.25) is 0 Å². The highest BCUT2D eigenvalue weighted by Crippen LogP contribution is 2.22. The fraction of sp³-hybridized carbons (Fsp3) is 0.684. The molecule has 1 N–H and O–H groups in total. The Balaban J connectivity index is 0.00000169. The third-order valence-corrected chi connectivity index (χ3v) is 5.40. The topological polar surface area (TPSA) is 33.7 Å².